The number of aromatic nitrogens is 2. The lowest BCUT2D eigenvalue weighted by atomic mass is 10.2. The quantitative estimate of drug-likeness (QED) is 0.781. The second-order valence-corrected chi connectivity index (χ2v) is 4.85. The predicted octanol–water partition coefficient (Wildman–Crippen LogP) is 0.977. The minimum Gasteiger partial charge on any atom is -0.462 e. The van der Waals surface area contributed by atoms with E-state index in [1.807, 2.05) is 20.2 Å². The van der Waals surface area contributed by atoms with Crippen molar-refractivity contribution >= 4 is 0 Å². The molecule has 1 aromatic heterocycles. The van der Waals surface area contributed by atoms with Gasteiger partial charge in [-0.3, -0.25) is 0 Å². The molecule has 5 nitrogen and oxygen atoms in total. The molecule has 0 bridgehead atoms. The van der Waals surface area contributed by atoms with Crippen molar-refractivity contribution in [2.75, 3.05) is 27.2 Å². The highest BCUT2D eigenvalue weighted by molar-refractivity contribution is 5.17. The van der Waals surface area contributed by atoms with Gasteiger partial charge >= 0.3 is 6.01 Å². The number of nitrogens with one attached hydrogen (secondary N) is 1. The van der Waals surface area contributed by atoms with Crippen molar-refractivity contribution in [3.8, 4) is 6.01 Å². The van der Waals surface area contributed by atoms with E-state index in [9.17, 15) is 0 Å². The topological polar surface area (TPSA) is 50.3 Å². The minimum absolute atomic E-state index is 0.483. The van der Waals surface area contributed by atoms with Gasteiger partial charge in [-0.2, -0.15) is 0 Å². The Hall–Kier alpha value is -1.20. The SMILES string of the molecule is CNCc1cnc(OCCN(C)C2CC2)nc1C. The van der Waals surface area contributed by atoms with Crippen molar-refractivity contribution in [3.63, 3.8) is 0 Å². The fourth-order valence-electron chi connectivity index (χ4n) is 1.88. The molecule has 1 N–H and O–H groups in total. The Labute approximate surface area is 109 Å². The van der Waals surface area contributed by atoms with Gasteiger partial charge in [0.15, 0.2) is 0 Å². The van der Waals surface area contributed by atoms with Crippen molar-refractivity contribution in [1.82, 2.24) is 20.2 Å². The fraction of sp³-hybridized carbons (Fsp3) is 0.692. The molecule has 2 rings (SSSR count). The summed E-state index contributed by atoms with van der Waals surface area (Å²) in [5, 5.41) is 3.09. The standard InChI is InChI=1S/C13H22N4O/c1-10-11(8-14-2)9-15-13(16-10)18-7-6-17(3)12-4-5-12/h9,12,14H,4-8H2,1-3H3. The third-order valence-corrected chi connectivity index (χ3v) is 3.27. The van der Waals surface area contributed by atoms with Crippen LogP contribution >= 0.6 is 0 Å². The van der Waals surface area contributed by atoms with E-state index >= 15 is 0 Å². The van der Waals surface area contributed by atoms with E-state index in [1.165, 1.54) is 12.8 Å². The first-order chi connectivity index (χ1) is 8.70. The van der Waals surface area contributed by atoms with Crippen LogP contribution in [-0.4, -0.2) is 48.2 Å². The lowest BCUT2D eigenvalue weighted by Crippen LogP contribution is -2.26. The van der Waals surface area contributed by atoms with Crippen LogP contribution in [0.5, 0.6) is 6.01 Å². The Bertz CT molecular complexity index is 393. The largest absolute Gasteiger partial charge is 0.462 e. The fourth-order valence-corrected chi connectivity index (χ4v) is 1.88. The van der Waals surface area contributed by atoms with Gasteiger partial charge in [-0.25, -0.2) is 9.97 Å². The third-order valence-electron chi connectivity index (χ3n) is 3.27. The maximum atomic E-state index is 5.58. The monoisotopic (exact) mass is 250 g/mol. The van der Waals surface area contributed by atoms with Crippen molar-refractivity contribution in [1.29, 1.82) is 0 Å². The van der Waals surface area contributed by atoms with Crippen LogP contribution in [0.1, 0.15) is 24.1 Å². The molecule has 0 aromatic carbocycles. The highest BCUT2D eigenvalue weighted by Crippen LogP contribution is 2.24. The molecule has 1 heterocycles. The molecule has 0 amide bonds. The maximum Gasteiger partial charge on any atom is 0.316 e. The van der Waals surface area contributed by atoms with Crippen molar-refractivity contribution in [3.05, 3.63) is 17.5 Å². The van der Waals surface area contributed by atoms with E-state index in [2.05, 4.69) is 27.2 Å². The van der Waals surface area contributed by atoms with Crippen LogP contribution in [0.15, 0.2) is 6.20 Å². The Balaban J connectivity index is 1.79. The van der Waals surface area contributed by atoms with Crippen LogP contribution in [-0.2, 0) is 6.54 Å². The number of rotatable bonds is 7. The van der Waals surface area contributed by atoms with Gasteiger partial charge in [-0.05, 0) is 33.9 Å². The lowest BCUT2D eigenvalue weighted by Gasteiger charge is -2.15. The zero-order valence-corrected chi connectivity index (χ0v) is 11.4. The average molecular weight is 250 g/mol. The molecule has 1 aliphatic rings. The van der Waals surface area contributed by atoms with Crippen LogP contribution in [0.4, 0.5) is 0 Å². The Morgan fingerprint density at radius 3 is 2.89 bits per heavy atom. The molecule has 0 saturated heterocycles. The van der Waals surface area contributed by atoms with Gasteiger partial charge in [0.05, 0.1) is 0 Å². The maximum absolute atomic E-state index is 5.58. The summed E-state index contributed by atoms with van der Waals surface area (Å²) in [5.41, 5.74) is 2.09. The van der Waals surface area contributed by atoms with Crippen LogP contribution < -0.4 is 10.1 Å². The van der Waals surface area contributed by atoms with Gasteiger partial charge in [-0.1, -0.05) is 0 Å². The number of hydrogen-bond acceptors (Lipinski definition) is 5. The average Bonchev–Trinajstić information content (AvgIpc) is 3.16. The zero-order valence-electron chi connectivity index (χ0n) is 11.4. The highest BCUT2D eigenvalue weighted by atomic mass is 16.5. The molecule has 18 heavy (non-hydrogen) atoms. The summed E-state index contributed by atoms with van der Waals surface area (Å²) in [6.45, 7) is 4.36. The molecule has 5 heteroatoms. The summed E-state index contributed by atoms with van der Waals surface area (Å²) >= 11 is 0. The molecule has 1 aromatic rings. The number of likely N-dealkylation sites (N-methyl/N-ethyl adjacent to an activating group) is 1. The molecule has 1 aliphatic carbocycles. The summed E-state index contributed by atoms with van der Waals surface area (Å²) in [6, 6.07) is 1.26. The molecule has 0 atom stereocenters. The predicted molar refractivity (Wildman–Crippen MR) is 70.7 cm³/mol. The van der Waals surface area contributed by atoms with Gasteiger partial charge in [0, 0.05) is 36.6 Å². The first kappa shape index (κ1) is 13.2. The first-order valence-corrected chi connectivity index (χ1v) is 6.51. The van der Waals surface area contributed by atoms with Gasteiger partial charge in [0.1, 0.15) is 6.61 Å². The number of nitrogens with zero attached hydrogens (tertiary/aromatic N) is 3. The normalized spacial score (nSPS) is 15.1. The van der Waals surface area contributed by atoms with Crippen LogP contribution in [0, 0.1) is 6.92 Å². The van der Waals surface area contributed by atoms with Crippen molar-refractivity contribution < 1.29 is 4.74 Å². The second kappa shape index (κ2) is 6.11. The van der Waals surface area contributed by atoms with Gasteiger partial charge in [-0.15, -0.1) is 0 Å². The van der Waals surface area contributed by atoms with E-state index in [4.69, 9.17) is 4.74 Å². The molecular weight excluding hydrogens is 228 g/mol. The minimum atomic E-state index is 0.483. The van der Waals surface area contributed by atoms with Crippen molar-refractivity contribution in [2.45, 2.75) is 32.4 Å². The Kier molecular flexibility index (Phi) is 4.49. The summed E-state index contributed by atoms with van der Waals surface area (Å²) < 4.78 is 5.58. The number of hydrogen-bond donors (Lipinski definition) is 1. The molecule has 0 aliphatic heterocycles. The Morgan fingerprint density at radius 2 is 2.28 bits per heavy atom. The first-order valence-electron chi connectivity index (χ1n) is 6.51. The zero-order chi connectivity index (χ0) is 13.0. The summed E-state index contributed by atoms with van der Waals surface area (Å²) in [7, 11) is 4.06. The van der Waals surface area contributed by atoms with E-state index in [0.29, 0.717) is 12.6 Å². The summed E-state index contributed by atoms with van der Waals surface area (Å²) in [6.07, 6.45) is 4.48. The van der Waals surface area contributed by atoms with E-state index in [1.54, 1.807) is 0 Å². The van der Waals surface area contributed by atoms with E-state index in [-0.39, 0.29) is 0 Å². The van der Waals surface area contributed by atoms with Crippen LogP contribution in [0.25, 0.3) is 0 Å². The summed E-state index contributed by atoms with van der Waals surface area (Å²) in [5.74, 6) is 0. The van der Waals surface area contributed by atoms with E-state index in [0.717, 1.165) is 30.4 Å². The Morgan fingerprint density at radius 1 is 1.50 bits per heavy atom. The van der Waals surface area contributed by atoms with Gasteiger partial charge in [0.2, 0.25) is 0 Å². The molecule has 0 spiro atoms. The third kappa shape index (κ3) is 3.65. The lowest BCUT2D eigenvalue weighted by molar-refractivity contribution is 0.220. The molecule has 0 unspecified atom stereocenters. The van der Waals surface area contributed by atoms with Gasteiger partial charge in [0.25, 0.3) is 0 Å². The molecule has 1 saturated carbocycles. The van der Waals surface area contributed by atoms with Gasteiger partial charge < -0.3 is 15.0 Å². The van der Waals surface area contributed by atoms with Crippen molar-refractivity contribution in [2.24, 2.45) is 0 Å². The van der Waals surface area contributed by atoms with E-state index < -0.39 is 0 Å². The summed E-state index contributed by atoms with van der Waals surface area (Å²) in [4.78, 5) is 10.9. The molecule has 1 fully saturated rings. The van der Waals surface area contributed by atoms with Crippen LogP contribution in [0.2, 0.25) is 0 Å². The molecule has 0 radical (unpaired) electrons. The molecule has 100 valence electrons. The number of aryl methyl sites for hydroxylation is 1. The smallest absolute Gasteiger partial charge is 0.316 e. The highest BCUT2D eigenvalue weighted by Gasteiger charge is 2.25. The molecular formula is C13H22N4O. The van der Waals surface area contributed by atoms with Crippen LogP contribution in [0.3, 0.4) is 0 Å². The number of ether oxygens (including phenoxy) is 1. The second-order valence-electron chi connectivity index (χ2n) is 4.85.